The highest BCUT2D eigenvalue weighted by atomic mass is 35.5. The van der Waals surface area contributed by atoms with E-state index in [4.69, 9.17) is 11.6 Å². The van der Waals surface area contributed by atoms with Gasteiger partial charge in [0.2, 0.25) is 0 Å². The highest BCUT2D eigenvalue weighted by Gasteiger charge is 1.99. The van der Waals surface area contributed by atoms with E-state index in [1.165, 1.54) is 15.0 Å². The summed E-state index contributed by atoms with van der Waals surface area (Å²) in [6.45, 7) is 6.17. The van der Waals surface area contributed by atoms with E-state index in [1.807, 2.05) is 37.3 Å². The Morgan fingerprint density at radius 3 is 2.57 bits per heavy atom. The summed E-state index contributed by atoms with van der Waals surface area (Å²) in [5, 5.41) is 2.13. The molecule has 0 amide bonds. The molecule has 0 radical (unpaired) electrons. The molecule has 76 valence electrons. The molecule has 0 atom stereocenters. The SMILES string of the molecule is CC.CCc1cc2ccc(Cl)cc2s1. The first kappa shape index (κ1) is 11.5. The molecule has 2 heteroatoms. The molecule has 0 N–H and O–H groups in total. The molecular weight excluding hydrogens is 212 g/mol. The molecule has 14 heavy (non-hydrogen) atoms. The van der Waals surface area contributed by atoms with Crippen molar-refractivity contribution in [2.24, 2.45) is 0 Å². The highest BCUT2D eigenvalue weighted by molar-refractivity contribution is 7.19. The van der Waals surface area contributed by atoms with Crippen molar-refractivity contribution < 1.29 is 0 Å². The molecule has 0 saturated carbocycles. The van der Waals surface area contributed by atoms with E-state index >= 15 is 0 Å². The van der Waals surface area contributed by atoms with Crippen LogP contribution in [0.2, 0.25) is 5.02 Å². The lowest BCUT2D eigenvalue weighted by atomic mass is 10.2. The molecule has 0 saturated heterocycles. The first-order chi connectivity index (χ1) is 6.79. The molecule has 2 aromatic rings. The van der Waals surface area contributed by atoms with Gasteiger partial charge in [0.25, 0.3) is 0 Å². The maximum atomic E-state index is 5.88. The first-order valence-electron chi connectivity index (χ1n) is 4.97. The van der Waals surface area contributed by atoms with Crippen molar-refractivity contribution in [3.05, 3.63) is 34.2 Å². The van der Waals surface area contributed by atoms with Gasteiger partial charge in [-0.05, 0) is 30.0 Å². The Morgan fingerprint density at radius 1 is 1.21 bits per heavy atom. The minimum Gasteiger partial charge on any atom is -0.140 e. The molecule has 2 rings (SSSR count). The Morgan fingerprint density at radius 2 is 1.93 bits per heavy atom. The van der Waals surface area contributed by atoms with Crippen LogP contribution in [-0.4, -0.2) is 0 Å². The minimum atomic E-state index is 0.826. The number of hydrogen-bond donors (Lipinski definition) is 0. The van der Waals surface area contributed by atoms with Crippen LogP contribution in [0.1, 0.15) is 25.6 Å². The molecule has 0 unspecified atom stereocenters. The minimum absolute atomic E-state index is 0.826. The Hall–Kier alpha value is -0.530. The predicted octanol–water partition coefficient (Wildman–Crippen LogP) is 5.14. The van der Waals surface area contributed by atoms with E-state index in [2.05, 4.69) is 19.1 Å². The Labute approximate surface area is 94.5 Å². The lowest BCUT2D eigenvalue weighted by molar-refractivity contribution is 1.19. The summed E-state index contributed by atoms with van der Waals surface area (Å²) in [4.78, 5) is 1.42. The third kappa shape index (κ3) is 2.49. The van der Waals surface area contributed by atoms with Gasteiger partial charge in [0.1, 0.15) is 0 Å². The van der Waals surface area contributed by atoms with Crippen LogP contribution in [0, 0.1) is 0 Å². The Kier molecular flexibility index (Phi) is 4.43. The molecule has 1 heterocycles. The van der Waals surface area contributed by atoms with E-state index < -0.39 is 0 Å². The van der Waals surface area contributed by atoms with Crippen LogP contribution in [0.15, 0.2) is 24.3 Å². The molecule has 1 aromatic carbocycles. The third-order valence-electron chi connectivity index (χ3n) is 1.88. The van der Waals surface area contributed by atoms with Gasteiger partial charge in [-0.1, -0.05) is 38.4 Å². The number of benzene rings is 1. The lowest BCUT2D eigenvalue weighted by Gasteiger charge is -1.88. The van der Waals surface area contributed by atoms with Crippen LogP contribution >= 0.6 is 22.9 Å². The average molecular weight is 227 g/mol. The third-order valence-corrected chi connectivity index (χ3v) is 3.36. The number of hydrogen-bond acceptors (Lipinski definition) is 1. The van der Waals surface area contributed by atoms with Crippen LogP contribution in [-0.2, 0) is 6.42 Å². The molecule has 0 bridgehead atoms. The van der Waals surface area contributed by atoms with Crippen molar-refractivity contribution in [3.63, 3.8) is 0 Å². The summed E-state index contributed by atoms with van der Waals surface area (Å²) in [7, 11) is 0. The smallest absolute Gasteiger partial charge is 0.0420 e. The number of halogens is 1. The van der Waals surface area contributed by atoms with E-state index in [1.54, 1.807) is 0 Å². The van der Waals surface area contributed by atoms with Crippen molar-refractivity contribution in [2.75, 3.05) is 0 Å². The average Bonchev–Trinajstić information content (AvgIpc) is 2.62. The Bertz CT molecular complexity index is 404. The van der Waals surface area contributed by atoms with Gasteiger partial charge in [0, 0.05) is 14.6 Å². The summed E-state index contributed by atoms with van der Waals surface area (Å²) in [5.41, 5.74) is 0. The van der Waals surface area contributed by atoms with E-state index in [9.17, 15) is 0 Å². The fourth-order valence-electron chi connectivity index (χ4n) is 1.23. The second-order valence-corrected chi connectivity index (χ2v) is 4.35. The molecule has 0 aliphatic carbocycles. The van der Waals surface area contributed by atoms with Crippen molar-refractivity contribution in [2.45, 2.75) is 27.2 Å². The summed E-state index contributed by atoms with van der Waals surface area (Å²) < 4.78 is 1.29. The molecule has 0 spiro atoms. The standard InChI is InChI=1S/C10H9ClS.C2H6/c1-2-9-5-7-3-4-8(11)6-10(7)12-9;1-2/h3-6H,2H2,1H3;1-2H3. The van der Waals surface area contributed by atoms with Gasteiger partial charge in [0.05, 0.1) is 0 Å². The van der Waals surface area contributed by atoms with E-state index in [-0.39, 0.29) is 0 Å². The molecule has 0 fully saturated rings. The second-order valence-electron chi connectivity index (χ2n) is 2.75. The topological polar surface area (TPSA) is 0 Å². The lowest BCUT2D eigenvalue weighted by Crippen LogP contribution is -1.64. The van der Waals surface area contributed by atoms with Gasteiger partial charge in [-0.3, -0.25) is 0 Å². The van der Waals surface area contributed by atoms with E-state index in [0.717, 1.165) is 11.4 Å². The summed E-state index contributed by atoms with van der Waals surface area (Å²) in [6, 6.07) is 8.28. The zero-order chi connectivity index (χ0) is 10.6. The van der Waals surface area contributed by atoms with Gasteiger partial charge >= 0.3 is 0 Å². The van der Waals surface area contributed by atoms with Crippen molar-refractivity contribution >= 4 is 33.0 Å². The second kappa shape index (κ2) is 5.38. The van der Waals surface area contributed by atoms with E-state index in [0.29, 0.717) is 0 Å². The predicted molar refractivity (Wildman–Crippen MR) is 67.6 cm³/mol. The normalized spacial score (nSPS) is 9.71. The van der Waals surface area contributed by atoms with Gasteiger partial charge in [-0.15, -0.1) is 11.3 Å². The van der Waals surface area contributed by atoms with Crippen LogP contribution in [0.25, 0.3) is 10.1 Å². The fourth-order valence-corrected chi connectivity index (χ4v) is 2.51. The van der Waals surface area contributed by atoms with Crippen LogP contribution in [0.5, 0.6) is 0 Å². The summed E-state index contributed by atoms with van der Waals surface area (Å²) in [6.07, 6.45) is 1.11. The van der Waals surface area contributed by atoms with Gasteiger partial charge < -0.3 is 0 Å². The molecule has 1 aromatic heterocycles. The molecular formula is C12H15ClS. The number of rotatable bonds is 1. The fraction of sp³-hybridized carbons (Fsp3) is 0.333. The largest absolute Gasteiger partial charge is 0.140 e. The van der Waals surface area contributed by atoms with Crippen LogP contribution in [0.4, 0.5) is 0 Å². The zero-order valence-electron chi connectivity index (χ0n) is 8.80. The molecule has 0 nitrogen and oxygen atoms in total. The summed E-state index contributed by atoms with van der Waals surface area (Å²) >= 11 is 7.70. The van der Waals surface area contributed by atoms with Gasteiger partial charge in [0.15, 0.2) is 0 Å². The molecule has 0 aliphatic heterocycles. The first-order valence-corrected chi connectivity index (χ1v) is 6.17. The maximum Gasteiger partial charge on any atom is 0.0420 e. The van der Waals surface area contributed by atoms with Crippen molar-refractivity contribution in [1.29, 1.82) is 0 Å². The monoisotopic (exact) mass is 226 g/mol. The number of thiophene rings is 1. The maximum absolute atomic E-state index is 5.88. The highest BCUT2D eigenvalue weighted by Crippen LogP contribution is 2.28. The van der Waals surface area contributed by atoms with Crippen molar-refractivity contribution in [1.82, 2.24) is 0 Å². The molecule has 0 aliphatic rings. The zero-order valence-corrected chi connectivity index (χ0v) is 10.4. The van der Waals surface area contributed by atoms with Crippen LogP contribution < -0.4 is 0 Å². The van der Waals surface area contributed by atoms with Gasteiger partial charge in [-0.2, -0.15) is 0 Å². The van der Waals surface area contributed by atoms with Gasteiger partial charge in [-0.25, -0.2) is 0 Å². The number of aryl methyl sites for hydroxylation is 1. The van der Waals surface area contributed by atoms with Crippen LogP contribution in [0.3, 0.4) is 0 Å². The Balaban J connectivity index is 0.000000461. The van der Waals surface area contributed by atoms with Crippen molar-refractivity contribution in [3.8, 4) is 0 Å². The summed E-state index contributed by atoms with van der Waals surface area (Å²) in [5.74, 6) is 0. The quantitative estimate of drug-likeness (QED) is 0.632. The number of fused-ring (bicyclic) bond motifs is 1.